The molecule has 3 rings (SSSR count). The summed E-state index contributed by atoms with van der Waals surface area (Å²) in [5, 5.41) is 15.7. The SMILES string of the molecule is CCOC(=O)c1c(-c2ccco2)csc1NC(=O)COc1ccc(OC)cc1[N+](=O)[O-]. The predicted molar refractivity (Wildman–Crippen MR) is 112 cm³/mol. The maximum Gasteiger partial charge on any atom is 0.341 e. The van der Waals surface area contributed by atoms with Crippen molar-refractivity contribution in [1.82, 2.24) is 0 Å². The Labute approximate surface area is 180 Å². The van der Waals surface area contributed by atoms with Crippen LogP contribution in [0.2, 0.25) is 0 Å². The topological polar surface area (TPSA) is 130 Å². The average Bonchev–Trinajstić information content (AvgIpc) is 3.42. The van der Waals surface area contributed by atoms with Gasteiger partial charge in [0.1, 0.15) is 22.1 Å². The number of nitrogens with one attached hydrogen (secondary N) is 1. The summed E-state index contributed by atoms with van der Waals surface area (Å²) >= 11 is 1.12. The molecule has 2 aromatic heterocycles. The number of thiophene rings is 1. The van der Waals surface area contributed by atoms with Crippen molar-refractivity contribution in [1.29, 1.82) is 0 Å². The van der Waals surface area contributed by atoms with E-state index in [0.29, 0.717) is 11.3 Å². The van der Waals surface area contributed by atoms with Crippen molar-refractivity contribution in [2.45, 2.75) is 6.92 Å². The molecule has 3 aromatic rings. The number of hydrogen-bond acceptors (Lipinski definition) is 9. The molecule has 0 aliphatic carbocycles. The molecular formula is C20H18N2O8S. The van der Waals surface area contributed by atoms with E-state index in [1.165, 1.54) is 31.6 Å². The van der Waals surface area contributed by atoms with E-state index < -0.39 is 23.4 Å². The second-order valence-corrected chi connectivity index (χ2v) is 6.86. The van der Waals surface area contributed by atoms with Gasteiger partial charge in [-0.2, -0.15) is 0 Å². The molecule has 0 saturated carbocycles. The number of rotatable bonds is 9. The van der Waals surface area contributed by atoms with Gasteiger partial charge >= 0.3 is 11.7 Å². The van der Waals surface area contributed by atoms with Crippen LogP contribution < -0.4 is 14.8 Å². The molecule has 0 bridgehead atoms. The number of ether oxygens (including phenoxy) is 3. The van der Waals surface area contributed by atoms with Gasteiger partial charge in [-0.15, -0.1) is 11.3 Å². The summed E-state index contributed by atoms with van der Waals surface area (Å²) < 4.78 is 20.7. The molecule has 2 heterocycles. The van der Waals surface area contributed by atoms with Gasteiger partial charge in [0, 0.05) is 10.9 Å². The van der Waals surface area contributed by atoms with E-state index in [-0.39, 0.29) is 34.4 Å². The molecule has 1 N–H and O–H groups in total. The Balaban J connectivity index is 1.77. The Morgan fingerprint density at radius 1 is 1.29 bits per heavy atom. The van der Waals surface area contributed by atoms with Crippen LogP contribution in [0.1, 0.15) is 17.3 Å². The van der Waals surface area contributed by atoms with Crippen molar-refractivity contribution in [2.75, 3.05) is 25.6 Å². The molecular weight excluding hydrogens is 428 g/mol. The van der Waals surface area contributed by atoms with E-state index in [0.717, 1.165) is 11.3 Å². The van der Waals surface area contributed by atoms with E-state index in [2.05, 4.69) is 5.32 Å². The van der Waals surface area contributed by atoms with E-state index in [4.69, 9.17) is 18.6 Å². The number of nitro benzene ring substituents is 1. The molecule has 10 nitrogen and oxygen atoms in total. The first-order chi connectivity index (χ1) is 14.9. The Morgan fingerprint density at radius 3 is 2.74 bits per heavy atom. The number of carbonyl (C=O) groups is 2. The minimum Gasteiger partial charge on any atom is -0.496 e. The first kappa shape index (κ1) is 21.8. The van der Waals surface area contributed by atoms with Gasteiger partial charge < -0.3 is 23.9 Å². The molecule has 0 saturated heterocycles. The highest BCUT2D eigenvalue weighted by atomic mass is 32.1. The van der Waals surface area contributed by atoms with Crippen LogP contribution in [0, 0.1) is 10.1 Å². The number of furan rings is 1. The molecule has 11 heteroatoms. The Hall–Kier alpha value is -3.86. The molecule has 0 aliphatic rings. The van der Waals surface area contributed by atoms with E-state index in [9.17, 15) is 19.7 Å². The van der Waals surface area contributed by atoms with Gasteiger partial charge in [-0.1, -0.05) is 0 Å². The summed E-state index contributed by atoms with van der Waals surface area (Å²) in [4.78, 5) is 35.5. The number of anilines is 1. The molecule has 31 heavy (non-hydrogen) atoms. The van der Waals surface area contributed by atoms with Crippen LogP contribution in [-0.4, -0.2) is 37.1 Å². The zero-order valence-corrected chi connectivity index (χ0v) is 17.4. The van der Waals surface area contributed by atoms with E-state index in [1.807, 2.05) is 0 Å². The van der Waals surface area contributed by atoms with Gasteiger partial charge in [-0.05, 0) is 31.2 Å². The summed E-state index contributed by atoms with van der Waals surface area (Å²) in [5.41, 5.74) is 0.302. The monoisotopic (exact) mass is 446 g/mol. The zero-order chi connectivity index (χ0) is 22.4. The van der Waals surface area contributed by atoms with Gasteiger partial charge in [0.05, 0.1) is 31.0 Å². The van der Waals surface area contributed by atoms with Crippen molar-refractivity contribution in [3.8, 4) is 22.8 Å². The number of benzene rings is 1. The largest absolute Gasteiger partial charge is 0.496 e. The Kier molecular flexibility index (Phi) is 6.88. The van der Waals surface area contributed by atoms with Crippen molar-refractivity contribution >= 4 is 33.9 Å². The number of nitro groups is 1. The van der Waals surface area contributed by atoms with Crippen LogP contribution in [0.25, 0.3) is 11.3 Å². The predicted octanol–water partition coefficient (Wildman–Crippen LogP) is 4.12. The van der Waals surface area contributed by atoms with Crippen LogP contribution in [0.3, 0.4) is 0 Å². The standard InChI is InChI=1S/C20H18N2O8S/c1-3-28-20(24)18-13(15-5-4-8-29-15)11-31-19(18)21-17(23)10-30-16-7-6-12(27-2)9-14(16)22(25)26/h4-9,11H,3,10H2,1-2H3,(H,21,23). The first-order valence-corrected chi connectivity index (χ1v) is 9.90. The highest BCUT2D eigenvalue weighted by molar-refractivity contribution is 7.15. The molecule has 0 fully saturated rings. The van der Waals surface area contributed by atoms with Crippen LogP contribution in [-0.2, 0) is 9.53 Å². The lowest BCUT2D eigenvalue weighted by Crippen LogP contribution is -2.21. The maximum absolute atomic E-state index is 12.5. The highest BCUT2D eigenvalue weighted by Crippen LogP contribution is 2.36. The molecule has 1 aromatic carbocycles. The number of carbonyl (C=O) groups excluding carboxylic acids is 2. The molecule has 0 radical (unpaired) electrons. The molecule has 1 amide bonds. The zero-order valence-electron chi connectivity index (χ0n) is 16.6. The lowest BCUT2D eigenvalue weighted by molar-refractivity contribution is -0.385. The summed E-state index contributed by atoms with van der Waals surface area (Å²) in [5.74, 6) is -0.578. The van der Waals surface area contributed by atoms with Gasteiger partial charge in [0.15, 0.2) is 12.4 Å². The van der Waals surface area contributed by atoms with Crippen LogP contribution in [0.4, 0.5) is 10.7 Å². The molecule has 162 valence electrons. The number of hydrogen-bond donors (Lipinski definition) is 1. The second-order valence-electron chi connectivity index (χ2n) is 5.98. The van der Waals surface area contributed by atoms with E-state index >= 15 is 0 Å². The number of amides is 1. The van der Waals surface area contributed by atoms with Gasteiger partial charge in [-0.3, -0.25) is 14.9 Å². The van der Waals surface area contributed by atoms with Gasteiger partial charge in [-0.25, -0.2) is 4.79 Å². The number of nitrogens with zero attached hydrogens (tertiary/aromatic N) is 1. The van der Waals surface area contributed by atoms with Crippen molar-refractivity contribution in [3.63, 3.8) is 0 Å². The fraction of sp³-hybridized carbons (Fsp3) is 0.200. The molecule has 0 unspecified atom stereocenters. The Morgan fingerprint density at radius 2 is 2.10 bits per heavy atom. The number of esters is 1. The summed E-state index contributed by atoms with van der Waals surface area (Å²) in [7, 11) is 1.38. The summed E-state index contributed by atoms with van der Waals surface area (Å²) in [6.07, 6.45) is 1.47. The van der Waals surface area contributed by atoms with Gasteiger partial charge in [0.2, 0.25) is 0 Å². The smallest absolute Gasteiger partial charge is 0.341 e. The third-order valence-corrected chi connectivity index (χ3v) is 4.93. The van der Waals surface area contributed by atoms with Crippen LogP contribution in [0.15, 0.2) is 46.4 Å². The molecule has 0 spiro atoms. The fourth-order valence-electron chi connectivity index (χ4n) is 2.66. The summed E-state index contributed by atoms with van der Waals surface area (Å²) in [6, 6.07) is 7.38. The van der Waals surface area contributed by atoms with Crippen molar-refractivity contribution < 1.29 is 33.1 Å². The van der Waals surface area contributed by atoms with Crippen LogP contribution >= 0.6 is 11.3 Å². The normalized spacial score (nSPS) is 10.4. The molecule has 0 aliphatic heterocycles. The highest BCUT2D eigenvalue weighted by Gasteiger charge is 2.24. The Bertz CT molecular complexity index is 1090. The quantitative estimate of drug-likeness (QED) is 0.295. The lowest BCUT2D eigenvalue weighted by atomic mass is 10.1. The maximum atomic E-state index is 12.5. The number of methoxy groups -OCH3 is 1. The van der Waals surface area contributed by atoms with Crippen molar-refractivity contribution in [3.05, 3.63) is 57.7 Å². The third kappa shape index (κ3) is 5.01. The summed E-state index contributed by atoms with van der Waals surface area (Å²) in [6.45, 7) is 1.32. The first-order valence-electron chi connectivity index (χ1n) is 9.02. The minimum atomic E-state index is -0.635. The average molecular weight is 446 g/mol. The second kappa shape index (κ2) is 9.76. The van der Waals surface area contributed by atoms with Crippen molar-refractivity contribution in [2.24, 2.45) is 0 Å². The van der Waals surface area contributed by atoms with Crippen LogP contribution in [0.5, 0.6) is 11.5 Å². The van der Waals surface area contributed by atoms with Gasteiger partial charge in [0.25, 0.3) is 5.91 Å². The van der Waals surface area contributed by atoms with E-state index in [1.54, 1.807) is 24.4 Å². The molecule has 0 atom stereocenters. The minimum absolute atomic E-state index is 0.0889. The third-order valence-electron chi connectivity index (χ3n) is 4.03. The fourth-order valence-corrected chi connectivity index (χ4v) is 3.62. The lowest BCUT2D eigenvalue weighted by Gasteiger charge is -2.10.